The summed E-state index contributed by atoms with van der Waals surface area (Å²) in [5.74, 6) is 0. The Labute approximate surface area is 93.1 Å². The van der Waals surface area contributed by atoms with Crippen LogP contribution in [0.2, 0.25) is 0 Å². The van der Waals surface area contributed by atoms with Crippen LogP contribution in [0.4, 0.5) is 0 Å². The van der Waals surface area contributed by atoms with E-state index in [1.165, 1.54) is 16.8 Å². The fourth-order valence-electron chi connectivity index (χ4n) is 2.08. The van der Waals surface area contributed by atoms with Crippen molar-refractivity contribution in [3.63, 3.8) is 0 Å². The molecule has 1 aromatic heterocycles. The number of aromatic amines is 1. The molecule has 0 spiro atoms. The Kier molecular flexibility index (Phi) is 3.24. The molecule has 2 rings (SSSR count). The quantitative estimate of drug-likeness (QED) is 0.833. The van der Waals surface area contributed by atoms with Crippen LogP contribution in [0.3, 0.4) is 0 Å². The van der Waals surface area contributed by atoms with Gasteiger partial charge in [0.1, 0.15) is 6.23 Å². The summed E-state index contributed by atoms with van der Waals surface area (Å²) in [4.78, 5) is 24.7. The van der Waals surface area contributed by atoms with Crippen molar-refractivity contribution in [3.05, 3.63) is 33.1 Å². The molecule has 88 valence electrons. The zero-order valence-electron chi connectivity index (χ0n) is 9.31. The van der Waals surface area contributed by atoms with E-state index >= 15 is 0 Å². The van der Waals surface area contributed by atoms with Gasteiger partial charge in [-0.25, -0.2) is 4.79 Å². The van der Waals surface area contributed by atoms with E-state index in [0.29, 0.717) is 0 Å². The molecule has 2 heterocycles. The zero-order chi connectivity index (χ0) is 11.5. The highest BCUT2D eigenvalue weighted by molar-refractivity contribution is 4.85. The van der Waals surface area contributed by atoms with Gasteiger partial charge >= 0.3 is 5.69 Å². The van der Waals surface area contributed by atoms with Crippen LogP contribution in [0.25, 0.3) is 0 Å². The smallest absolute Gasteiger partial charge is 0.330 e. The maximum atomic E-state index is 11.5. The van der Waals surface area contributed by atoms with Crippen LogP contribution in [-0.2, 0) is 4.74 Å². The van der Waals surface area contributed by atoms with E-state index in [1.54, 1.807) is 0 Å². The Balaban J connectivity index is 2.14. The summed E-state index contributed by atoms with van der Waals surface area (Å²) in [5.41, 5.74) is -0.765. The van der Waals surface area contributed by atoms with Crippen molar-refractivity contribution in [2.75, 3.05) is 0 Å². The molecule has 0 radical (unpaired) electrons. The Bertz CT molecular complexity index is 463. The molecule has 2 atom stereocenters. The molecule has 16 heavy (non-hydrogen) atoms. The molecule has 0 amide bonds. The van der Waals surface area contributed by atoms with Crippen LogP contribution < -0.4 is 11.2 Å². The minimum atomic E-state index is -0.394. The Morgan fingerprint density at radius 2 is 2.31 bits per heavy atom. The molecule has 1 aliphatic rings. The highest BCUT2D eigenvalue weighted by atomic mass is 16.5. The van der Waals surface area contributed by atoms with Crippen LogP contribution >= 0.6 is 0 Å². The predicted octanol–water partition coefficient (Wildman–Crippen LogP) is 1.01. The van der Waals surface area contributed by atoms with Crippen molar-refractivity contribution in [1.82, 2.24) is 9.55 Å². The van der Waals surface area contributed by atoms with E-state index in [1.807, 2.05) is 0 Å². The summed E-state index contributed by atoms with van der Waals surface area (Å²) in [5, 5.41) is 0. The molecule has 1 aliphatic heterocycles. The van der Waals surface area contributed by atoms with Gasteiger partial charge in [0.15, 0.2) is 0 Å². The first-order chi connectivity index (χ1) is 7.70. The van der Waals surface area contributed by atoms with Crippen molar-refractivity contribution in [1.29, 1.82) is 0 Å². The summed E-state index contributed by atoms with van der Waals surface area (Å²) in [7, 11) is 0. The molecule has 0 bridgehead atoms. The lowest BCUT2D eigenvalue weighted by Crippen LogP contribution is -2.31. The second-order valence-corrected chi connectivity index (χ2v) is 4.10. The van der Waals surface area contributed by atoms with Crippen molar-refractivity contribution in [2.24, 2.45) is 0 Å². The van der Waals surface area contributed by atoms with E-state index in [0.717, 1.165) is 25.7 Å². The summed E-state index contributed by atoms with van der Waals surface area (Å²) in [6, 6.07) is 1.35. The van der Waals surface area contributed by atoms with E-state index in [-0.39, 0.29) is 17.9 Å². The lowest BCUT2D eigenvalue weighted by atomic mass is 10.1. The third-order valence-corrected chi connectivity index (χ3v) is 2.86. The summed E-state index contributed by atoms with van der Waals surface area (Å²) in [6.07, 6.45) is 5.43. The summed E-state index contributed by atoms with van der Waals surface area (Å²) < 4.78 is 7.20. The van der Waals surface area contributed by atoms with Crippen LogP contribution in [0, 0.1) is 0 Å². The first-order valence-corrected chi connectivity index (χ1v) is 5.67. The second kappa shape index (κ2) is 4.65. The number of aromatic nitrogens is 2. The molecule has 1 unspecified atom stereocenters. The lowest BCUT2D eigenvalue weighted by Gasteiger charge is -2.14. The van der Waals surface area contributed by atoms with Gasteiger partial charge < -0.3 is 4.74 Å². The van der Waals surface area contributed by atoms with Gasteiger partial charge in [0.25, 0.3) is 5.56 Å². The van der Waals surface area contributed by atoms with Gasteiger partial charge in [-0.1, -0.05) is 13.3 Å². The molecule has 1 N–H and O–H groups in total. The van der Waals surface area contributed by atoms with Gasteiger partial charge in [0, 0.05) is 12.3 Å². The van der Waals surface area contributed by atoms with Crippen molar-refractivity contribution < 1.29 is 4.74 Å². The lowest BCUT2D eigenvalue weighted by molar-refractivity contribution is -0.00435. The molecule has 5 nitrogen and oxygen atoms in total. The third-order valence-electron chi connectivity index (χ3n) is 2.86. The first-order valence-electron chi connectivity index (χ1n) is 5.67. The van der Waals surface area contributed by atoms with Crippen LogP contribution in [0.15, 0.2) is 21.9 Å². The van der Waals surface area contributed by atoms with Crippen LogP contribution in [0.5, 0.6) is 0 Å². The van der Waals surface area contributed by atoms with Gasteiger partial charge in [0.2, 0.25) is 0 Å². The Morgan fingerprint density at radius 1 is 1.50 bits per heavy atom. The summed E-state index contributed by atoms with van der Waals surface area (Å²) >= 11 is 0. The number of rotatable bonds is 3. The fraction of sp³-hybridized carbons (Fsp3) is 0.636. The molecule has 1 saturated heterocycles. The van der Waals surface area contributed by atoms with Crippen LogP contribution in [0.1, 0.15) is 38.8 Å². The molecular weight excluding hydrogens is 208 g/mol. The topological polar surface area (TPSA) is 64.1 Å². The minimum Gasteiger partial charge on any atom is -0.355 e. The average Bonchev–Trinajstić information content (AvgIpc) is 2.67. The molecule has 0 saturated carbocycles. The number of H-pyrrole nitrogens is 1. The van der Waals surface area contributed by atoms with Gasteiger partial charge in [-0.2, -0.15) is 0 Å². The highest BCUT2D eigenvalue weighted by Crippen LogP contribution is 2.28. The van der Waals surface area contributed by atoms with Crippen molar-refractivity contribution in [2.45, 2.75) is 44.9 Å². The zero-order valence-corrected chi connectivity index (χ0v) is 9.31. The monoisotopic (exact) mass is 224 g/mol. The van der Waals surface area contributed by atoms with E-state index in [9.17, 15) is 9.59 Å². The second-order valence-electron chi connectivity index (χ2n) is 4.10. The summed E-state index contributed by atoms with van der Waals surface area (Å²) in [6.45, 7) is 2.11. The normalized spacial score (nSPS) is 24.8. The minimum absolute atomic E-state index is 0.221. The third kappa shape index (κ3) is 2.24. The van der Waals surface area contributed by atoms with Gasteiger partial charge in [-0.05, 0) is 19.3 Å². The fourth-order valence-corrected chi connectivity index (χ4v) is 2.08. The molecular formula is C11H16N2O3. The average molecular weight is 224 g/mol. The first kappa shape index (κ1) is 11.1. The standard InChI is InChI=1S/C11H16N2O3/c1-2-3-8-4-5-10(16-8)13-7-6-9(14)12-11(13)15/h6-8,10H,2-5H2,1H3,(H,12,14,15)/t8-,10?/m1/s1. The predicted molar refractivity (Wildman–Crippen MR) is 59.4 cm³/mol. The molecule has 1 aromatic rings. The maximum Gasteiger partial charge on any atom is 0.330 e. The number of hydrogen-bond donors (Lipinski definition) is 1. The van der Waals surface area contributed by atoms with Gasteiger partial charge in [-0.15, -0.1) is 0 Å². The highest BCUT2D eigenvalue weighted by Gasteiger charge is 2.26. The van der Waals surface area contributed by atoms with E-state index < -0.39 is 5.69 Å². The van der Waals surface area contributed by atoms with E-state index in [4.69, 9.17) is 4.74 Å². The number of nitrogens with one attached hydrogen (secondary N) is 1. The van der Waals surface area contributed by atoms with Gasteiger partial charge in [0.05, 0.1) is 6.10 Å². The van der Waals surface area contributed by atoms with E-state index in [2.05, 4.69) is 11.9 Å². The molecule has 1 fully saturated rings. The molecule has 0 aromatic carbocycles. The largest absolute Gasteiger partial charge is 0.355 e. The Hall–Kier alpha value is -1.36. The molecule has 0 aliphatic carbocycles. The van der Waals surface area contributed by atoms with Crippen molar-refractivity contribution >= 4 is 0 Å². The Morgan fingerprint density at radius 3 is 3.00 bits per heavy atom. The number of hydrogen-bond acceptors (Lipinski definition) is 3. The van der Waals surface area contributed by atoms with Crippen LogP contribution in [-0.4, -0.2) is 15.7 Å². The van der Waals surface area contributed by atoms with Gasteiger partial charge in [-0.3, -0.25) is 14.3 Å². The van der Waals surface area contributed by atoms with Crippen molar-refractivity contribution in [3.8, 4) is 0 Å². The SMILES string of the molecule is CCC[C@@H]1CCC(n2ccc(=O)[nH]c2=O)O1. The molecule has 5 heteroatoms. The number of nitrogens with zero attached hydrogens (tertiary/aromatic N) is 1. The number of ether oxygens (including phenoxy) is 1. The maximum absolute atomic E-state index is 11.5.